The molecule has 0 aliphatic rings. The maximum atomic E-state index is 10.8. The number of hydrogen-bond donors (Lipinski definition) is 2. The van der Waals surface area contributed by atoms with E-state index in [4.69, 9.17) is 20.3 Å². The van der Waals surface area contributed by atoms with Crippen molar-refractivity contribution in [2.45, 2.75) is 20.0 Å². The van der Waals surface area contributed by atoms with Crippen LogP contribution in [0, 0.1) is 0 Å². The van der Waals surface area contributed by atoms with Crippen molar-refractivity contribution in [3.8, 4) is 5.88 Å². The van der Waals surface area contributed by atoms with E-state index < -0.39 is 5.97 Å². The Morgan fingerprint density at radius 2 is 2.24 bits per heavy atom. The molecule has 0 spiro atoms. The molecule has 6 nitrogen and oxygen atoms in total. The van der Waals surface area contributed by atoms with Gasteiger partial charge in [0, 0.05) is 6.07 Å². The minimum absolute atomic E-state index is 0.0141. The Morgan fingerprint density at radius 1 is 1.53 bits per heavy atom. The summed E-state index contributed by atoms with van der Waals surface area (Å²) >= 11 is 0. The van der Waals surface area contributed by atoms with E-state index in [1.165, 1.54) is 12.3 Å². The first kappa shape index (κ1) is 13.2. The number of hydrogen-bond acceptors (Lipinski definition) is 5. The van der Waals surface area contributed by atoms with Gasteiger partial charge in [-0.1, -0.05) is 0 Å². The summed E-state index contributed by atoms with van der Waals surface area (Å²) in [7, 11) is 0. The number of nitrogen functional groups attached to an aromatic ring is 1. The van der Waals surface area contributed by atoms with Gasteiger partial charge < -0.3 is 20.3 Å². The quantitative estimate of drug-likeness (QED) is 0.725. The van der Waals surface area contributed by atoms with E-state index in [2.05, 4.69) is 4.98 Å². The molecule has 0 saturated carbocycles. The lowest BCUT2D eigenvalue weighted by molar-refractivity contribution is 0.0542. The Morgan fingerprint density at radius 3 is 2.82 bits per heavy atom. The minimum Gasteiger partial charge on any atom is -0.478 e. The van der Waals surface area contributed by atoms with Crippen molar-refractivity contribution in [3.63, 3.8) is 0 Å². The van der Waals surface area contributed by atoms with Gasteiger partial charge in [0.05, 0.1) is 30.2 Å². The monoisotopic (exact) mass is 240 g/mol. The molecule has 0 radical (unpaired) electrons. The normalized spacial score (nSPS) is 10.5. The predicted molar refractivity (Wildman–Crippen MR) is 62.2 cm³/mol. The van der Waals surface area contributed by atoms with Crippen molar-refractivity contribution >= 4 is 11.7 Å². The zero-order valence-electron chi connectivity index (χ0n) is 9.84. The zero-order chi connectivity index (χ0) is 12.8. The predicted octanol–water partition coefficient (Wildman–Crippen LogP) is 1.17. The van der Waals surface area contributed by atoms with Crippen LogP contribution in [-0.2, 0) is 4.74 Å². The molecule has 0 amide bonds. The van der Waals surface area contributed by atoms with Crippen molar-refractivity contribution < 1.29 is 19.4 Å². The molecule has 0 aliphatic carbocycles. The Hall–Kier alpha value is -1.82. The van der Waals surface area contributed by atoms with Crippen molar-refractivity contribution in [1.82, 2.24) is 4.98 Å². The van der Waals surface area contributed by atoms with Crippen LogP contribution in [0.15, 0.2) is 12.3 Å². The first-order valence-electron chi connectivity index (χ1n) is 5.24. The van der Waals surface area contributed by atoms with Crippen molar-refractivity contribution in [3.05, 3.63) is 17.8 Å². The SMILES string of the molecule is CC(C)OCCOc1cc(C(=O)O)c(N)cn1. The second kappa shape index (κ2) is 6.05. The van der Waals surface area contributed by atoms with Crippen LogP contribution in [0.3, 0.4) is 0 Å². The molecule has 0 aromatic carbocycles. The molecule has 0 unspecified atom stereocenters. The molecule has 17 heavy (non-hydrogen) atoms. The fraction of sp³-hybridized carbons (Fsp3) is 0.455. The fourth-order valence-electron chi connectivity index (χ4n) is 1.14. The van der Waals surface area contributed by atoms with E-state index in [1.54, 1.807) is 0 Å². The van der Waals surface area contributed by atoms with Gasteiger partial charge >= 0.3 is 5.97 Å². The van der Waals surface area contributed by atoms with Crippen LogP contribution < -0.4 is 10.5 Å². The van der Waals surface area contributed by atoms with E-state index in [9.17, 15) is 4.79 Å². The number of pyridine rings is 1. The number of carboxylic acids is 1. The largest absolute Gasteiger partial charge is 0.478 e. The third kappa shape index (κ3) is 4.28. The summed E-state index contributed by atoms with van der Waals surface area (Å²) in [4.78, 5) is 14.7. The smallest absolute Gasteiger partial charge is 0.338 e. The number of rotatable bonds is 6. The van der Waals surface area contributed by atoms with Crippen molar-refractivity contribution in [2.75, 3.05) is 18.9 Å². The summed E-state index contributed by atoms with van der Waals surface area (Å²) in [5, 5.41) is 8.85. The van der Waals surface area contributed by atoms with Gasteiger partial charge in [-0.05, 0) is 13.8 Å². The molecule has 3 N–H and O–H groups in total. The molecule has 6 heteroatoms. The molecule has 1 aromatic heterocycles. The lowest BCUT2D eigenvalue weighted by Gasteiger charge is -2.09. The van der Waals surface area contributed by atoms with Gasteiger partial charge in [0.15, 0.2) is 0 Å². The minimum atomic E-state index is -1.10. The van der Waals surface area contributed by atoms with Gasteiger partial charge in [0.25, 0.3) is 0 Å². The Labute approximate surface area is 99.4 Å². The standard InChI is InChI=1S/C11H16N2O4/c1-7(2)16-3-4-17-10-5-8(11(14)15)9(12)6-13-10/h5-7H,3-4,12H2,1-2H3,(H,14,15). The molecule has 1 rings (SSSR count). The zero-order valence-corrected chi connectivity index (χ0v) is 9.84. The first-order chi connectivity index (χ1) is 8.00. The Kier molecular flexibility index (Phi) is 4.71. The summed E-state index contributed by atoms with van der Waals surface area (Å²) in [5.41, 5.74) is 5.56. The topological polar surface area (TPSA) is 94.7 Å². The maximum absolute atomic E-state index is 10.8. The van der Waals surface area contributed by atoms with E-state index in [-0.39, 0.29) is 23.2 Å². The van der Waals surface area contributed by atoms with Crippen LogP contribution in [0.25, 0.3) is 0 Å². The molecule has 0 saturated heterocycles. The molecule has 0 atom stereocenters. The Bertz CT molecular complexity index is 393. The van der Waals surface area contributed by atoms with E-state index in [0.29, 0.717) is 13.2 Å². The highest BCUT2D eigenvalue weighted by Crippen LogP contribution is 2.16. The highest BCUT2D eigenvalue weighted by molar-refractivity contribution is 5.93. The number of ether oxygens (including phenoxy) is 2. The van der Waals surface area contributed by atoms with Gasteiger partial charge in [-0.15, -0.1) is 0 Å². The first-order valence-corrected chi connectivity index (χ1v) is 5.24. The number of aromatic nitrogens is 1. The van der Waals surface area contributed by atoms with Crippen molar-refractivity contribution in [1.29, 1.82) is 0 Å². The van der Waals surface area contributed by atoms with Gasteiger partial charge in [0.2, 0.25) is 5.88 Å². The number of nitrogens with zero attached hydrogens (tertiary/aromatic N) is 1. The third-order valence-corrected chi connectivity index (χ3v) is 1.92. The van der Waals surface area contributed by atoms with Crippen LogP contribution in [0.5, 0.6) is 5.88 Å². The Balaban J connectivity index is 2.54. The summed E-state index contributed by atoms with van der Waals surface area (Å²) < 4.78 is 10.5. The lowest BCUT2D eigenvalue weighted by Crippen LogP contribution is -2.12. The van der Waals surface area contributed by atoms with Gasteiger partial charge in [-0.25, -0.2) is 9.78 Å². The average molecular weight is 240 g/mol. The molecule has 0 bridgehead atoms. The van der Waals surface area contributed by atoms with Crippen LogP contribution in [-0.4, -0.2) is 35.4 Å². The van der Waals surface area contributed by atoms with Gasteiger partial charge in [0.1, 0.15) is 6.61 Å². The van der Waals surface area contributed by atoms with Crippen LogP contribution in [0.2, 0.25) is 0 Å². The number of aromatic carboxylic acids is 1. The summed E-state index contributed by atoms with van der Waals surface area (Å²) in [6, 6.07) is 1.30. The van der Waals surface area contributed by atoms with E-state index in [0.717, 1.165) is 0 Å². The average Bonchev–Trinajstić information content (AvgIpc) is 2.25. The maximum Gasteiger partial charge on any atom is 0.338 e. The number of carbonyl (C=O) groups is 1. The summed E-state index contributed by atoms with van der Waals surface area (Å²) in [6.07, 6.45) is 1.40. The second-order valence-electron chi connectivity index (χ2n) is 3.68. The highest BCUT2D eigenvalue weighted by Gasteiger charge is 2.10. The number of anilines is 1. The van der Waals surface area contributed by atoms with Crippen molar-refractivity contribution in [2.24, 2.45) is 0 Å². The lowest BCUT2D eigenvalue weighted by atomic mass is 10.2. The molecule has 1 aromatic rings. The van der Waals surface area contributed by atoms with Gasteiger partial charge in [-0.3, -0.25) is 0 Å². The number of carboxylic acid groups (broad SMARTS) is 1. The summed E-state index contributed by atoms with van der Waals surface area (Å²) in [6.45, 7) is 4.58. The number of nitrogens with two attached hydrogens (primary N) is 1. The van der Waals surface area contributed by atoms with Crippen LogP contribution in [0.4, 0.5) is 5.69 Å². The van der Waals surface area contributed by atoms with E-state index in [1.807, 2.05) is 13.8 Å². The molecule has 0 fully saturated rings. The molecule has 94 valence electrons. The molecule has 0 aliphatic heterocycles. The summed E-state index contributed by atoms with van der Waals surface area (Å²) in [5.74, 6) is -0.878. The third-order valence-electron chi connectivity index (χ3n) is 1.92. The molecule has 1 heterocycles. The molecular weight excluding hydrogens is 224 g/mol. The molecular formula is C11H16N2O4. The fourth-order valence-corrected chi connectivity index (χ4v) is 1.14. The second-order valence-corrected chi connectivity index (χ2v) is 3.68. The van der Waals surface area contributed by atoms with Crippen LogP contribution in [0.1, 0.15) is 24.2 Å². The van der Waals surface area contributed by atoms with Crippen LogP contribution >= 0.6 is 0 Å². The van der Waals surface area contributed by atoms with Gasteiger partial charge in [-0.2, -0.15) is 0 Å². The van der Waals surface area contributed by atoms with E-state index >= 15 is 0 Å². The highest BCUT2D eigenvalue weighted by atomic mass is 16.5.